The van der Waals surface area contributed by atoms with E-state index in [0.29, 0.717) is 5.69 Å². The number of nitrogens with zero attached hydrogens (tertiary/aromatic N) is 2. The molecule has 0 unspecified atom stereocenters. The van der Waals surface area contributed by atoms with Crippen molar-refractivity contribution in [2.24, 2.45) is 0 Å². The zero-order valence-corrected chi connectivity index (χ0v) is 10.1. The molecule has 3 nitrogen and oxygen atoms in total. The Labute approximate surface area is 105 Å². The second kappa shape index (κ2) is 4.11. The van der Waals surface area contributed by atoms with E-state index in [1.807, 2.05) is 43.6 Å². The van der Waals surface area contributed by atoms with Crippen LogP contribution in [0.5, 0.6) is 0 Å². The zero-order valence-electron chi connectivity index (χ0n) is 10.1. The maximum Gasteiger partial charge on any atom is 0.0938 e. The summed E-state index contributed by atoms with van der Waals surface area (Å²) in [4.78, 5) is 8.62. The monoisotopic (exact) mass is 235 g/mol. The van der Waals surface area contributed by atoms with Gasteiger partial charge in [-0.2, -0.15) is 0 Å². The van der Waals surface area contributed by atoms with Crippen molar-refractivity contribution in [2.75, 3.05) is 5.73 Å². The molecular formula is C15H13N3. The van der Waals surface area contributed by atoms with Crippen LogP contribution in [0.1, 0.15) is 5.56 Å². The first-order valence-electron chi connectivity index (χ1n) is 5.81. The highest BCUT2D eigenvalue weighted by Crippen LogP contribution is 2.30. The van der Waals surface area contributed by atoms with Crippen LogP contribution in [0, 0.1) is 6.92 Å². The molecule has 88 valence electrons. The second-order valence-electron chi connectivity index (χ2n) is 4.35. The van der Waals surface area contributed by atoms with Crippen molar-refractivity contribution in [3.63, 3.8) is 0 Å². The lowest BCUT2D eigenvalue weighted by Crippen LogP contribution is -1.95. The van der Waals surface area contributed by atoms with E-state index in [-0.39, 0.29) is 0 Å². The molecular weight excluding hydrogens is 222 g/mol. The fourth-order valence-electron chi connectivity index (χ4n) is 2.14. The summed E-state index contributed by atoms with van der Waals surface area (Å²) < 4.78 is 0. The van der Waals surface area contributed by atoms with Crippen molar-refractivity contribution in [2.45, 2.75) is 6.92 Å². The number of fused-ring (bicyclic) bond motifs is 1. The number of hydrogen-bond donors (Lipinski definition) is 1. The summed E-state index contributed by atoms with van der Waals surface area (Å²) in [5, 5.41) is 2.22. The number of hydrogen-bond acceptors (Lipinski definition) is 3. The topological polar surface area (TPSA) is 51.8 Å². The number of nitrogen functional groups attached to an aromatic ring is 1. The summed E-state index contributed by atoms with van der Waals surface area (Å²) >= 11 is 0. The van der Waals surface area contributed by atoms with Gasteiger partial charge in [0, 0.05) is 29.5 Å². The van der Waals surface area contributed by atoms with E-state index in [1.54, 1.807) is 6.20 Å². The Balaban J connectivity index is 2.31. The van der Waals surface area contributed by atoms with Gasteiger partial charge in [0.2, 0.25) is 0 Å². The van der Waals surface area contributed by atoms with Gasteiger partial charge >= 0.3 is 0 Å². The van der Waals surface area contributed by atoms with Crippen LogP contribution in [0.15, 0.2) is 48.9 Å². The quantitative estimate of drug-likeness (QED) is 0.704. The van der Waals surface area contributed by atoms with Crippen LogP contribution in [-0.4, -0.2) is 9.97 Å². The fraction of sp³-hybridized carbons (Fsp3) is 0.0667. The second-order valence-corrected chi connectivity index (χ2v) is 4.35. The highest BCUT2D eigenvalue weighted by molar-refractivity contribution is 5.97. The minimum atomic E-state index is 0.700. The molecule has 18 heavy (non-hydrogen) atoms. The maximum atomic E-state index is 6.06. The Bertz CT molecular complexity index is 715. The molecule has 0 aliphatic carbocycles. The molecule has 0 radical (unpaired) electrons. The number of rotatable bonds is 1. The Morgan fingerprint density at radius 3 is 2.83 bits per heavy atom. The van der Waals surface area contributed by atoms with Gasteiger partial charge in [-0.05, 0) is 30.0 Å². The van der Waals surface area contributed by atoms with E-state index in [2.05, 4.69) is 16.0 Å². The van der Waals surface area contributed by atoms with Crippen LogP contribution in [0.2, 0.25) is 0 Å². The van der Waals surface area contributed by atoms with Crippen LogP contribution < -0.4 is 5.73 Å². The highest BCUT2D eigenvalue weighted by Gasteiger charge is 2.08. The lowest BCUT2D eigenvalue weighted by atomic mass is 10.0. The number of nitrogens with two attached hydrogens (primary N) is 1. The molecule has 0 aliphatic heterocycles. The lowest BCUT2D eigenvalue weighted by Gasteiger charge is -2.08. The largest absolute Gasteiger partial charge is 0.397 e. The number of pyridine rings is 2. The maximum absolute atomic E-state index is 6.06. The first-order valence-corrected chi connectivity index (χ1v) is 5.81. The number of benzene rings is 1. The Morgan fingerprint density at radius 1 is 1.11 bits per heavy atom. The van der Waals surface area contributed by atoms with Crippen molar-refractivity contribution in [3.05, 3.63) is 54.5 Å². The average Bonchev–Trinajstić information content (AvgIpc) is 2.38. The van der Waals surface area contributed by atoms with Gasteiger partial charge in [-0.1, -0.05) is 18.2 Å². The molecule has 3 heteroatoms. The molecule has 0 atom stereocenters. The molecule has 3 rings (SSSR count). The fourth-order valence-corrected chi connectivity index (χ4v) is 2.14. The minimum absolute atomic E-state index is 0.700. The van der Waals surface area contributed by atoms with Gasteiger partial charge in [-0.15, -0.1) is 0 Å². The molecule has 0 aliphatic rings. The summed E-state index contributed by atoms with van der Waals surface area (Å²) in [5.41, 5.74) is 9.67. The van der Waals surface area contributed by atoms with Gasteiger partial charge in [0.15, 0.2) is 0 Å². The van der Waals surface area contributed by atoms with Crippen LogP contribution in [-0.2, 0) is 0 Å². The van der Waals surface area contributed by atoms with Crippen LogP contribution in [0.4, 0.5) is 5.69 Å². The van der Waals surface area contributed by atoms with Crippen molar-refractivity contribution in [1.29, 1.82) is 0 Å². The molecule has 0 bridgehead atoms. The molecule has 1 aromatic carbocycles. The molecule has 0 saturated carbocycles. The first kappa shape index (κ1) is 10.7. The van der Waals surface area contributed by atoms with E-state index < -0.39 is 0 Å². The van der Waals surface area contributed by atoms with Crippen LogP contribution in [0.25, 0.3) is 22.0 Å². The SMILES string of the molecule is Cc1cnc(-c2cccc3ccncc23)c(N)c1. The number of aromatic nitrogens is 2. The lowest BCUT2D eigenvalue weighted by molar-refractivity contribution is 1.27. The van der Waals surface area contributed by atoms with Gasteiger partial charge in [0.1, 0.15) is 0 Å². The molecule has 0 amide bonds. The normalized spacial score (nSPS) is 10.7. The zero-order chi connectivity index (χ0) is 12.5. The van der Waals surface area contributed by atoms with Crippen molar-refractivity contribution < 1.29 is 0 Å². The van der Waals surface area contributed by atoms with Gasteiger partial charge in [0.05, 0.1) is 11.4 Å². The summed E-state index contributed by atoms with van der Waals surface area (Å²) in [6.07, 6.45) is 5.48. The van der Waals surface area contributed by atoms with E-state index in [4.69, 9.17) is 5.73 Å². The van der Waals surface area contributed by atoms with Gasteiger partial charge in [0.25, 0.3) is 0 Å². The standard InChI is InChI=1S/C15H13N3/c1-10-7-14(16)15(18-8-10)12-4-2-3-11-5-6-17-9-13(11)12/h2-9H,16H2,1H3. The summed E-state index contributed by atoms with van der Waals surface area (Å²) in [5.74, 6) is 0. The molecule has 3 aromatic rings. The molecule has 0 spiro atoms. The third-order valence-electron chi connectivity index (χ3n) is 2.99. The molecule has 2 aromatic heterocycles. The third-order valence-corrected chi connectivity index (χ3v) is 2.99. The average molecular weight is 235 g/mol. The predicted octanol–water partition coefficient (Wildman–Crippen LogP) is 3.19. The van der Waals surface area contributed by atoms with E-state index in [1.165, 1.54) is 0 Å². The highest BCUT2D eigenvalue weighted by atomic mass is 14.7. The summed E-state index contributed by atoms with van der Waals surface area (Å²) in [6.45, 7) is 1.98. The van der Waals surface area contributed by atoms with E-state index in [0.717, 1.165) is 27.6 Å². The Morgan fingerprint density at radius 2 is 2.00 bits per heavy atom. The van der Waals surface area contributed by atoms with Crippen molar-refractivity contribution in [1.82, 2.24) is 9.97 Å². The smallest absolute Gasteiger partial charge is 0.0938 e. The van der Waals surface area contributed by atoms with Gasteiger partial charge < -0.3 is 5.73 Å². The Kier molecular flexibility index (Phi) is 2.45. The summed E-state index contributed by atoms with van der Waals surface area (Å²) in [6, 6.07) is 10.0. The molecule has 0 fully saturated rings. The van der Waals surface area contributed by atoms with E-state index >= 15 is 0 Å². The third kappa shape index (κ3) is 1.70. The molecule has 0 saturated heterocycles. The van der Waals surface area contributed by atoms with Gasteiger partial charge in [-0.25, -0.2) is 0 Å². The molecule has 2 N–H and O–H groups in total. The number of aryl methyl sites for hydroxylation is 1. The summed E-state index contributed by atoms with van der Waals surface area (Å²) in [7, 11) is 0. The number of anilines is 1. The predicted molar refractivity (Wildman–Crippen MR) is 74.1 cm³/mol. The van der Waals surface area contributed by atoms with Crippen molar-refractivity contribution >= 4 is 16.5 Å². The first-order chi connectivity index (χ1) is 8.75. The minimum Gasteiger partial charge on any atom is -0.397 e. The van der Waals surface area contributed by atoms with Gasteiger partial charge in [-0.3, -0.25) is 9.97 Å². The molecule has 2 heterocycles. The Hall–Kier alpha value is -2.42. The van der Waals surface area contributed by atoms with Crippen LogP contribution >= 0.6 is 0 Å². The van der Waals surface area contributed by atoms with Crippen molar-refractivity contribution in [3.8, 4) is 11.3 Å². The van der Waals surface area contributed by atoms with Crippen LogP contribution in [0.3, 0.4) is 0 Å². The van der Waals surface area contributed by atoms with E-state index in [9.17, 15) is 0 Å².